The van der Waals surface area contributed by atoms with Gasteiger partial charge in [0.1, 0.15) is 0 Å². The van der Waals surface area contributed by atoms with Crippen molar-refractivity contribution in [3.63, 3.8) is 0 Å². The quantitative estimate of drug-likeness (QED) is 0.525. The first-order valence-corrected chi connectivity index (χ1v) is 7.71. The van der Waals surface area contributed by atoms with Gasteiger partial charge in [0.25, 0.3) is 0 Å². The normalized spacial score (nSPS) is 14.6. The summed E-state index contributed by atoms with van der Waals surface area (Å²) >= 11 is 0. The van der Waals surface area contributed by atoms with Crippen molar-refractivity contribution in [2.24, 2.45) is 0 Å². The molecule has 0 amide bonds. The van der Waals surface area contributed by atoms with Crippen LogP contribution in [-0.4, -0.2) is 9.55 Å². The third kappa shape index (κ3) is 4.83. The van der Waals surface area contributed by atoms with Crippen LogP contribution in [0.4, 0.5) is 0 Å². The molecule has 0 spiro atoms. The van der Waals surface area contributed by atoms with E-state index in [9.17, 15) is 0 Å². The van der Waals surface area contributed by atoms with Crippen LogP contribution in [0.15, 0.2) is 18.7 Å². The van der Waals surface area contributed by atoms with E-state index >= 15 is 0 Å². The zero-order valence-corrected chi connectivity index (χ0v) is 12.5. The first kappa shape index (κ1) is 15.3. The van der Waals surface area contributed by atoms with Gasteiger partial charge in [0, 0.05) is 17.9 Å². The van der Waals surface area contributed by atoms with Crippen LogP contribution in [-0.2, 0) is 5.54 Å². The minimum absolute atomic E-state index is 0.277. The molecule has 0 aliphatic rings. The monoisotopic (exact) mass is 250 g/mol. The maximum absolute atomic E-state index is 4.22. The van der Waals surface area contributed by atoms with Crippen LogP contribution >= 0.6 is 0 Å². The number of imidazole rings is 1. The third-order valence-corrected chi connectivity index (χ3v) is 4.02. The van der Waals surface area contributed by atoms with E-state index in [4.69, 9.17) is 0 Å². The van der Waals surface area contributed by atoms with Crippen molar-refractivity contribution in [3.05, 3.63) is 18.7 Å². The van der Waals surface area contributed by atoms with Gasteiger partial charge in [-0.1, -0.05) is 58.8 Å². The highest BCUT2D eigenvalue weighted by atomic mass is 15.1. The van der Waals surface area contributed by atoms with Crippen molar-refractivity contribution in [3.8, 4) is 0 Å². The number of nitrogens with zero attached hydrogens (tertiary/aromatic N) is 2. The Labute approximate surface area is 113 Å². The topological polar surface area (TPSA) is 17.8 Å². The molecule has 2 heteroatoms. The van der Waals surface area contributed by atoms with Crippen LogP contribution in [0.3, 0.4) is 0 Å². The molecular weight excluding hydrogens is 220 g/mol. The Kier molecular flexibility index (Phi) is 7.07. The summed E-state index contributed by atoms with van der Waals surface area (Å²) in [7, 11) is 0. The molecule has 0 bridgehead atoms. The minimum atomic E-state index is 0.277. The van der Waals surface area contributed by atoms with Crippen molar-refractivity contribution in [1.29, 1.82) is 0 Å². The standard InChI is InChI=1S/C16H30N2/c1-4-6-8-10-12-16(3,11-9-7-5-2)18-14-13-17-15-18/h13-15H,4-12H2,1-3H3. The van der Waals surface area contributed by atoms with Gasteiger partial charge in [0.05, 0.1) is 6.33 Å². The molecular formula is C16H30N2. The van der Waals surface area contributed by atoms with Crippen LogP contribution in [0.5, 0.6) is 0 Å². The maximum atomic E-state index is 4.22. The lowest BCUT2D eigenvalue weighted by Gasteiger charge is -2.31. The molecule has 0 radical (unpaired) electrons. The molecule has 0 N–H and O–H groups in total. The van der Waals surface area contributed by atoms with Crippen LogP contribution in [0.25, 0.3) is 0 Å². The highest BCUT2D eigenvalue weighted by Crippen LogP contribution is 2.29. The molecule has 0 aromatic carbocycles. The summed E-state index contributed by atoms with van der Waals surface area (Å²) in [6.07, 6.45) is 18.0. The van der Waals surface area contributed by atoms with Gasteiger partial charge in [-0.3, -0.25) is 0 Å². The predicted molar refractivity (Wildman–Crippen MR) is 78.8 cm³/mol. The number of rotatable bonds is 10. The van der Waals surface area contributed by atoms with E-state index in [1.165, 1.54) is 57.8 Å². The first-order valence-electron chi connectivity index (χ1n) is 7.71. The Bertz CT molecular complexity index is 292. The van der Waals surface area contributed by atoms with E-state index < -0.39 is 0 Å². The lowest BCUT2D eigenvalue weighted by atomic mass is 9.88. The molecule has 0 aliphatic carbocycles. The van der Waals surface area contributed by atoms with Gasteiger partial charge in [-0.2, -0.15) is 0 Å². The molecule has 1 aromatic heterocycles. The summed E-state index contributed by atoms with van der Waals surface area (Å²) in [4.78, 5) is 4.22. The molecule has 0 saturated carbocycles. The van der Waals surface area contributed by atoms with Gasteiger partial charge < -0.3 is 4.57 Å². The van der Waals surface area contributed by atoms with Crippen molar-refractivity contribution in [2.75, 3.05) is 0 Å². The molecule has 1 rings (SSSR count). The maximum Gasteiger partial charge on any atom is 0.0951 e. The molecule has 1 atom stereocenters. The van der Waals surface area contributed by atoms with Gasteiger partial charge >= 0.3 is 0 Å². The number of unbranched alkanes of at least 4 members (excludes halogenated alkanes) is 5. The van der Waals surface area contributed by atoms with Crippen molar-refractivity contribution >= 4 is 0 Å². The Balaban J connectivity index is 2.51. The molecule has 0 aliphatic heterocycles. The molecule has 2 nitrogen and oxygen atoms in total. The molecule has 0 fully saturated rings. The first-order chi connectivity index (χ1) is 8.73. The Morgan fingerprint density at radius 3 is 2.11 bits per heavy atom. The minimum Gasteiger partial charge on any atom is -0.332 e. The summed E-state index contributed by atoms with van der Waals surface area (Å²) < 4.78 is 2.33. The average Bonchev–Trinajstić information content (AvgIpc) is 2.89. The average molecular weight is 250 g/mol. The molecule has 1 unspecified atom stereocenters. The summed E-state index contributed by atoms with van der Waals surface area (Å²) in [5.41, 5.74) is 0.277. The molecule has 0 saturated heterocycles. The summed E-state index contributed by atoms with van der Waals surface area (Å²) in [5, 5.41) is 0. The fraction of sp³-hybridized carbons (Fsp3) is 0.812. The van der Waals surface area contributed by atoms with Crippen molar-refractivity contribution in [2.45, 2.75) is 84.1 Å². The second kappa shape index (κ2) is 8.34. The van der Waals surface area contributed by atoms with Gasteiger partial charge in [-0.15, -0.1) is 0 Å². The highest BCUT2D eigenvalue weighted by molar-refractivity contribution is 4.89. The fourth-order valence-corrected chi connectivity index (χ4v) is 2.65. The SMILES string of the molecule is CCCCCCC(C)(CCCCC)n1ccnc1. The van der Waals surface area contributed by atoms with Gasteiger partial charge in [-0.25, -0.2) is 4.98 Å². The van der Waals surface area contributed by atoms with E-state index in [2.05, 4.69) is 36.5 Å². The van der Waals surface area contributed by atoms with Gasteiger partial charge in [0.2, 0.25) is 0 Å². The third-order valence-electron chi connectivity index (χ3n) is 4.02. The molecule has 1 aromatic rings. The van der Waals surface area contributed by atoms with E-state index in [0.29, 0.717) is 0 Å². The van der Waals surface area contributed by atoms with Crippen molar-refractivity contribution in [1.82, 2.24) is 9.55 Å². The smallest absolute Gasteiger partial charge is 0.0951 e. The summed E-state index contributed by atoms with van der Waals surface area (Å²) in [6.45, 7) is 6.95. The fourth-order valence-electron chi connectivity index (χ4n) is 2.65. The predicted octanol–water partition coefficient (Wildman–Crippen LogP) is 5.15. The van der Waals surface area contributed by atoms with E-state index in [1.54, 1.807) is 0 Å². The van der Waals surface area contributed by atoms with Crippen LogP contribution < -0.4 is 0 Å². The van der Waals surface area contributed by atoms with Gasteiger partial charge in [-0.05, 0) is 19.8 Å². The zero-order valence-electron chi connectivity index (χ0n) is 12.5. The van der Waals surface area contributed by atoms with Crippen LogP contribution in [0.1, 0.15) is 78.6 Å². The van der Waals surface area contributed by atoms with Gasteiger partial charge in [0.15, 0.2) is 0 Å². The molecule has 104 valence electrons. The van der Waals surface area contributed by atoms with E-state index in [0.717, 1.165) is 0 Å². The number of aromatic nitrogens is 2. The Morgan fingerprint density at radius 1 is 0.944 bits per heavy atom. The Hall–Kier alpha value is -0.790. The number of hydrogen-bond acceptors (Lipinski definition) is 1. The lowest BCUT2D eigenvalue weighted by Crippen LogP contribution is -2.29. The second-order valence-corrected chi connectivity index (χ2v) is 5.73. The van der Waals surface area contributed by atoms with E-state index in [-0.39, 0.29) is 5.54 Å². The second-order valence-electron chi connectivity index (χ2n) is 5.73. The van der Waals surface area contributed by atoms with Crippen LogP contribution in [0.2, 0.25) is 0 Å². The Morgan fingerprint density at radius 2 is 1.56 bits per heavy atom. The lowest BCUT2D eigenvalue weighted by molar-refractivity contribution is 0.251. The molecule has 18 heavy (non-hydrogen) atoms. The van der Waals surface area contributed by atoms with Crippen molar-refractivity contribution < 1.29 is 0 Å². The largest absolute Gasteiger partial charge is 0.332 e. The van der Waals surface area contributed by atoms with Crippen LogP contribution in [0, 0.1) is 0 Å². The van der Waals surface area contributed by atoms with E-state index in [1.807, 2.05) is 12.5 Å². The summed E-state index contributed by atoms with van der Waals surface area (Å²) in [6, 6.07) is 0. The summed E-state index contributed by atoms with van der Waals surface area (Å²) in [5.74, 6) is 0. The zero-order chi connectivity index (χ0) is 13.3. The molecule has 1 heterocycles. The highest BCUT2D eigenvalue weighted by Gasteiger charge is 2.24. The number of hydrogen-bond donors (Lipinski definition) is 0.